The minimum atomic E-state index is -1.19. The molecular weight excluding hydrogens is 352 g/mol. The van der Waals surface area contributed by atoms with Crippen molar-refractivity contribution in [1.82, 2.24) is 9.80 Å². The zero-order chi connectivity index (χ0) is 21.3. The smallest absolute Gasteiger partial charge is 0.323 e. The summed E-state index contributed by atoms with van der Waals surface area (Å²) in [6, 6.07) is 5.30. The van der Waals surface area contributed by atoms with E-state index in [1.807, 2.05) is 32.6 Å². The van der Waals surface area contributed by atoms with Crippen LogP contribution in [-0.2, 0) is 10.1 Å². The van der Waals surface area contributed by atoms with E-state index >= 15 is 0 Å². The number of pyridine rings is 1. The third kappa shape index (κ3) is 5.29. The molecule has 0 N–H and O–H groups in total. The van der Waals surface area contributed by atoms with Crippen LogP contribution in [0.15, 0.2) is 18.2 Å². The summed E-state index contributed by atoms with van der Waals surface area (Å²) in [6.07, 6.45) is 0. The second-order valence-corrected chi connectivity index (χ2v) is 6.51. The fourth-order valence-corrected chi connectivity index (χ4v) is 3.24. The van der Waals surface area contributed by atoms with Gasteiger partial charge in [-0.05, 0) is 12.0 Å². The normalized spacial score (nSPS) is 17.4. The number of ether oxygens (including phenoxy) is 1. The standard InChI is InChI=1S/C16H22B2N3O3.2C2H6/c1-12-10-20(11-12)16(17,18)14-5-3-4-13(21(14)23-2)15(22)19-6-8-24-9-7-19;2*1-2/h3-5,12H,6-11H2,1-2H3;2*1-2H3/q+1;;. The van der Waals surface area contributed by atoms with Gasteiger partial charge in [-0.3, -0.25) is 9.63 Å². The van der Waals surface area contributed by atoms with E-state index in [-0.39, 0.29) is 5.91 Å². The summed E-state index contributed by atoms with van der Waals surface area (Å²) in [4.78, 5) is 22.0. The molecule has 28 heavy (non-hydrogen) atoms. The maximum atomic E-state index is 12.8. The Morgan fingerprint density at radius 3 is 2.25 bits per heavy atom. The molecule has 2 aliphatic rings. The van der Waals surface area contributed by atoms with Gasteiger partial charge >= 0.3 is 11.6 Å². The third-order valence-electron chi connectivity index (χ3n) is 4.64. The number of rotatable bonds is 4. The van der Waals surface area contributed by atoms with Crippen LogP contribution in [0.4, 0.5) is 0 Å². The van der Waals surface area contributed by atoms with E-state index < -0.39 is 5.34 Å². The second kappa shape index (κ2) is 11.5. The second-order valence-electron chi connectivity index (χ2n) is 6.51. The predicted molar refractivity (Wildman–Crippen MR) is 112 cm³/mol. The lowest BCUT2D eigenvalue weighted by atomic mass is 9.57. The molecule has 1 aromatic rings. The molecule has 2 saturated heterocycles. The molecule has 2 aliphatic heterocycles. The Morgan fingerprint density at radius 1 is 1.18 bits per heavy atom. The first-order valence-corrected chi connectivity index (χ1v) is 10.2. The summed E-state index contributed by atoms with van der Waals surface area (Å²) in [6.45, 7) is 14.0. The van der Waals surface area contributed by atoms with E-state index in [4.69, 9.17) is 25.3 Å². The van der Waals surface area contributed by atoms with Gasteiger partial charge in [-0.25, -0.2) is 0 Å². The monoisotopic (exact) mass is 386 g/mol. The van der Waals surface area contributed by atoms with Crippen molar-refractivity contribution >= 4 is 21.6 Å². The quantitative estimate of drug-likeness (QED) is 0.572. The number of amides is 1. The Hall–Kier alpha value is -1.53. The van der Waals surface area contributed by atoms with Gasteiger partial charge in [0.1, 0.15) is 7.11 Å². The molecule has 0 spiro atoms. The van der Waals surface area contributed by atoms with Crippen molar-refractivity contribution in [2.45, 2.75) is 40.0 Å². The molecule has 3 heterocycles. The van der Waals surface area contributed by atoms with Crippen LogP contribution < -0.4 is 9.57 Å². The highest BCUT2D eigenvalue weighted by Crippen LogP contribution is 2.28. The van der Waals surface area contributed by atoms with Gasteiger partial charge in [-0.2, -0.15) is 0 Å². The fraction of sp³-hybridized carbons (Fsp3) is 0.700. The van der Waals surface area contributed by atoms with Crippen LogP contribution >= 0.6 is 0 Å². The minimum Gasteiger partial charge on any atom is -0.378 e. The molecule has 3 rings (SSSR count). The molecule has 0 aromatic carbocycles. The van der Waals surface area contributed by atoms with Crippen molar-refractivity contribution in [1.29, 1.82) is 0 Å². The molecule has 0 saturated carbocycles. The predicted octanol–water partition coefficient (Wildman–Crippen LogP) is 0.956. The number of hydrogen-bond donors (Lipinski definition) is 0. The Morgan fingerprint density at radius 2 is 1.75 bits per heavy atom. The number of hydrogen-bond acceptors (Lipinski definition) is 4. The van der Waals surface area contributed by atoms with Crippen molar-refractivity contribution in [2.24, 2.45) is 5.92 Å². The van der Waals surface area contributed by atoms with E-state index in [0.29, 0.717) is 43.6 Å². The summed E-state index contributed by atoms with van der Waals surface area (Å²) >= 11 is 0. The summed E-state index contributed by atoms with van der Waals surface area (Å²) in [5, 5.41) is -1.19. The molecule has 0 aliphatic carbocycles. The van der Waals surface area contributed by atoms with Crippen LogP contribution in [0.25, 0.3) is 0 Å². The Balaban J connectivity index is 0.000000921. The molecule has 0 unspecified atom stereocenters. The zero-order valence-electron chi connectivity index (χ0n) is 18.3. The van der Waals surface area contributed by atoms with Gasteiger partial charge in [-0.15, -0.1) is 0 Å². The van der Waals surface area contributed by atoms with Crippen LogP contribution in [0.2, 0.25) is 0 Å². The lowest BCUT2D eigenvalue weighted by Gasteiger charge is -2.47. The van der Waals surface area contributed by atoms with E-state index in [2.05, 4.69) is 6.92 Å². The highest BCUT2D eigenvalue weighted by molar-refractivity contribution is 6.39. The van der Waals surface area contributed by atoms with Crippen LogP contribution in [0, 0.1) is 5.92 Å². The molecule has 1 amide bonds. The van der Waals surface area contributed by atoms with Crippen LogP contribution in [0.3, 0.4) is 0 Å². The van der Waals surface area contributed by atoms with Crippen molar-refractivity contribution in [3.63, 3.8) is 0 Å². The highest BCUT2D eigenvalue weighted by atomic mass is 16.6. The number of nitrogens with zero attached hydrogens (tertiary/aromatic N) is 3. The molecule has 4 radical (unpaired) electrons. The van der Waals surface area contributed by atoms with Gasteiger partial charge in [0.15, 0.2) is 0 Å². The van der Waals surface area contributed by atoms with Crippen molar-refractivity contribution in [2.75, 3.05) is 46.5 Å². The number of carbonyl (C=O) groups is 1. The molecule has 0 atom stereocenters. The Labute approximate surface area is 173 Å². The number of morpholine rings is 1. The Kier molecular flexibility index (Phi) is 10.0. The molecule has 152 valence electrons. The van der Waals surface area contributed by atoms with Crippen molar-refractivity contribution in [3.8, 4) is 0 Å². The van der Waals surface area contributed by atoms with Gasteiger partial charge in [0, 0.05) is 48.4 Å². The molecule has 0 bridgehead atoms. The maximum Gasteiger partial charge on any atom is 0.323 e. The highest BCUT2D eigenvalue weighted by Gasteiger charge is 2.43. The molecule has 6 nitrogen and oxygen atoms in total. The first kappa shape index (κ1) is 24.5. The van der Waals surface area contributed by atoms with E-state index in [0.717, 1.165) is 13.1 Å². The lowest BCUT2D eigenvalue weighted by Crippen LogP contribution is -2.65. The minimum absolute atomic E-state index is 0.116. The third-order valence-corrected chi connectivity index (χ3v) is 4.64. The van der Waals surface area contributed by atoms with Crippen LogP contribution in [0.1, 0.15) is 50.8 Å². The fourth-order valence-electron chi connectivity index (χ4n) is 3.24. The SMILES string of the molecule is CC.CC.[B]C([B])(c1cccc(C(=O)N2CCOCC2)[n+]1OC)N1CC(C)C1. The molecule has 2 fully saturated rings. The van der Waals surface area contributed by atoms with Gasteiger partial charge < -0.3 is 14.5 Å². The first-order chi connectivity index (χ1) is 13.4. The van der Waals surface area contributed by atoms with Gasteiger partial charge in [-0.1, -0.05) is 34.6 Å². The number of aromatic nitrogens is 1. The zero-order valence-corrected chi connectivity index (χ0v) is 18.3. The molecular formula is C20H34B2N3O3+. The number of likely N-dealkylation sites (tertiary alicyclic amines) is 1. The average molecular weight is 386 g/mol. The van der Waals surface area contributed by atoms with Gasteiger partial charge in [0.05, 0.1) is 28.9 Å². The van der Waals surface area contributed by atoms with Gasteiger partial charge in [0.25, 0.3) is 0 Å². The average Bonchev–Trinajstić information content (AvgIpc) is 2.73. The summed E-state index contributed by atoms with van der Waals surface area (Å²) in [5.74, 6) is 0.445. The van der Waals surface area contributed by atoms with Crippen molar-refractivity contribution in [3.05, 3.63) is 29.6 Å². The topological polar surface area (TPSA) is 45.9 Å². The maximum absolute atomic E-state index is 12.8. The Bertz CT molecular complexity index is 617. The van der Waals surface area contributed by atoms with Gasteiger partial charge in [0.2, 0.25) is 5.69 Å². The summed E-state index contributed by atoms with van der Waals surface area (Å²) in [5.41, 5.74) is 0.960. The molecule has 8 heteroatoms. The summed E-state index contributed by atoms with van der Waals surface area (Å²) < 4.78 is 6.75. The van der Waals surface area contributed by atoms with Crippen LogP contribution in [0.5, 0.6) is 0 Å². The van der Waals surface area contributed by atoms with E-state index in [1.165, 1.54) is 11.8 Å². The van der Waals surface area contributed by atoms with E-state index in [9.17, 15) is 4.79 Å². The lowest BCUT2D eigenvalue weighted by molar-refractivity contribution is -0.893. The summed E-state index contributed by atoms with van der Waals surface area (Å²) in [7, 11) is 14.3. The van der Waals surface area contributed by atoms with Crippen molar-refractivity contribution < 1.29 is 19.1 Å². The van der Waals surface area contributed by atoms with Crippen LogP contribution in [-0.4, -0.2) is 77.9 Å². The molecule has 1 aromatic heterocycles. The number of carbonyl (C=O) groups excluding carboxylic acids is 1. The first-order valence-electron chi connectivity index (χ1n) is 10.2. The largest absolute Gasteiger partial charge is 0.378 e. The van der Waals surface area contributed by atoms with E-state index in [1.54, 1.807) is 23.1 Å².